The Hall–Kier alpha value is -2.80. The summed E-state index contributed by atoms with van der Waals surface area (Å²) in [6, 6.07) is 10.3. The predicted octanol–water partition coefficient (Wildman–Crippen LogP) is 3.35. The number of thiazole rings is 1. The molecule has 1 amide bonds. The summed E-state index contributed by atoms with van der Waals surface area (Å²) in [6.45, 7) is 5.98. The smallest absolute Gasteiger partial charge is 0.266 e. The fourth-order valence-corrected chi connectivity index (χ4v) is 3.87. The highest BCUT2D eigenvalue weighted by Gasteiger charge is 2.23. The summed E-state index contributed by atoms with van der Waals surface area (Å²) in [5, 5.41) is 5.25. The molecule has 0 saturated carbocycles. The molecule has 3 rings (SSSR count). The maximum absolute atomic E-state index is 13.0. The maximum atomic E-state index is 13.0. The first-order valence-electron chi connectivity index (χ1n) is 8.64. The largest absolute Gasteiger partial charge is 0.333 e. The van der Waals surface area contributed by atoms with Crippen molar-refractivity contribution in [2.45, 2.75) is 26.8 Å². The molecule has 2 heterocycles. The van der Waals surface area contributed by atoms with Gasteiger partial charge in [0.1, 0.15) is 0 Å². The van der Waals surface area contributed by atoms with E-state index in [0.717, 1.165) is 21.1 Å². The van der Waals surface area contributed by atoms with Crippen molar-refractivity contribution in [1.82, 2.24) is 19.7 Å². The van der Waals surface area contributed by atoms with E-state index < -0.39 is 0 Å². The molecule has 0 radical (unpaired) electrons. The standard InChI is InChI=1S/C20H22N4O2S/c1-12(19-13(2)27-14(3)21-19)23(4)20(26)16-8-6-7-15(11-16)17-9-10-18(25)24(5)22-17/h6-12H,1-5H3/t12-/m0/s1. The van der Waals surface area contributed by atoms with Crippen molar-refractivity contribution in [3.63, 3.8) is 0 Å². The second kappa shape index (κ2) is 7.44. The second-order valence-corrected chi connectivity index (χ2v) is 7.93. The van der Waals surface area contributed by atoms with Crippen molar-refractivity contribution < 1.29 is 4.79 Å². The van der Waals surface area contributed by atoms with Gasteiger partial charge < -0.3 is 4.90 Å². The number of amides is 1. The van der Waals surface area contributed by atoms with Crippen LogP contribution < -0.4 is 5.56 Å². The highest BCUT2D eigenvalue weighted by atomic mass is 32.1. The Morgan fingerprint density at radius 2 is 1.96 bits per heavy atom. The van der Waals surface area contributed by atoms with Gasteiger partial charge in [-0.3, -0.25) is 9.59 Å². The van der Waals surface area contributed by atoms with Gasteiger partial charge in [0.15, 0.2) is 0 Å². The molecule has 3 aromatic rings. The van der Waals surface area contributed by atoms with Gasteiger partial charge in [-0.15, -0.1) is 11.3 Å². The van der Waals surface area contributed by atoms with E-state index in [1.165, 1.54) is 10.7 Å². The van der Waals surface area contributed by atoms with Gasteiger partial charge in [-0.2, -0.15) is 5.10 Å². The van der Waals surface area contributed by atoms with Crippen molar-refractivity contribution in [3.05, 3.63) is 67.9 Å². The number of hydrogen-bond donors (Lipinski definition) is 0. The predicted molar refractivity (Wildman–Crippen MR) is 107 cm³/mol. The fourth-order valence-electron chi connectivity index (χ4n) is 2.96. The van der Waals surface area contributed by atoms with Crippen LogP contribution in [0.25, 0.3) is 11.3 Å². The molecule has 0 N–H and O–H groups in total. The Morgan fingerprint density at radius 3 is 2.59 bits per heavy atom. The molecule has 0 saturated heterocycles. The van der Waals surface area contributed by atoms with Gasteiger partial charge >= 0.3 is 0 Å². The summed E-state index contributed by atoms with van der Waals surface area (Å²) in [6.07, 6.45) is 0. The molecule has 0 aliphatic rings. The Bertz CT molecular complexity index is 1050. The van der Waals surface area contributed by atoms with Gasteiger partial charge in [0.25, 0.3) is 11.5 Å². The first-order valence-corrected chi connectivity index (χ1v) is 9.45. The van der Waals surface area contributed by atoms with Crippen LogP contribution in [0.15, 0.2) is 41.2 Å². The summed E-state index contributed by atoms with van der Waals surface area (Å²) in [4.78, 5) is 32.0. The van der Waals surface area contributed by atoms with Crippen LogP contribution in [0, 0.1) is 13.8 Å². The Morgan fingerprint density at radius 1 is 1.22 bits per heavy atom. The quantitative estimate of drug-likeness (QED) is 0.694. The van der Waals surface area contributed by atoms with Gasteiger partial charge in [0.05, 0.1) is 22.4 Å². The van der Waals surface area contributed by atoms with Crippen molar-refractivity contribution in [1.29, 1.82) is 0 Å². The Kier molecular flexibility index (Phi) is 5.23. The van der Waals surface area contributed by atoms with Crippen LogP contribution in [0.1, 0.15) is 38.9 Å². The van der Waals surface area contributed by atoms with E-state index in [4.69, 9.17) is 0 Å². The fraction of sp³-hybridized carbons (Fsp3) is 0.300. The van der Waals surface area contributed by atoms with E-state index in [1.807, 2.05) is 32.9 Å². The van der Waals surface area contributed by atoms with Crippen molar-refractivity contribution in [3.8, 4) is 11.3 Å². The summed E-state index contributed by atoms with van der Waals surface area (Å²) in [5.74, 6) is -0.0841. The van der Waals surface area contributed by atoms with Crippen LogP contribution >= 0.6 is 11.3 Å². The molecule has 0 fully saturated rings. The monoisotopic (exact) mass is 382 g/mol. The highest BCUT2D eigenvalue weighted by Crippen LogP contribution is 2.27. The molecule has 2 aromatic heterocycles. The van der Waals surface area contributed by atoms with Crippen LogP contribution in [0.5, 0.6) is 0 Å². The lowest BCUT2D eigenvalue weighted by molar-refractivity contribution is 0.0740. The van der Waals surface area contributed by atoms with E-state index in [-0.39, 0.29) is 17.5 Å². The van der Waals surface area contributed by atoms with Crippen LogP contribution in [0.4, 0.5) is 0 Å². The zero-order valence-electron chi connectivity index (χ0n) is 16.1. The molecule has 6 nitrogen and oxygen atoms in total. The molecule has 1 aromatic carbocycles. The third-order valence-electron chi connectivity index (χ3n) is 4.60. The third kappa shape index (κ3) is 3.83. The lowest BCUT2D eigenvalue weighted by atomic mass is 10.1. The number of carbonyl (C=O) groups is 1. The van der Waals surface area contributed by atoms with E-state index in [9.17, 15) is 9.59 Å². The molecule has 0 aliphatic heterocycles. The van der Waals surface area contributed by atoms with Gasteiger partial charge in [-0.25, -0.2) is 9.67 Å². The molecule has 27 heavy (non-hydrogen) atoms. The van der Waals surface area contributed by atoms with Crippen LogP contribution in [0.3, 0.4) is 0 Å². The first-order chi connectivity index (χ1) is 12.8. The van der Waals surface area contributed by atoms with Crippen LogP contribution in [-0.4, -0.2) is 32.6 Å². The average Bonchev–Trinajstić information content (AvgIpc) is 3.00. The molecule has 0 spiro atoms. The molecule has 1 atom stereocenters. The van der Waals surface area contributed by atoms with Gasteiger partial charge in [-0.05, 0) is 39.0 Å². The molecule has 7 heteroatoms. The topological polar surface area (TPSA) is 68.1 Å². The molecule has 140 valence electrons. The second-order valence-electron chi connectivity index (χ2n) is 6.53. The number of aryl methyl sites for hydroxylation is 3. The lowest BCUT2D eigenvalue weighted by Gasteiger charge is -2.24. The van der Waals surface area contributed by atoms with Gasteiger partial charge in [-0.1, -0.05) is 12.1 Å². The minimum Gasteiger partial charge on any atom is -0.333 e. The van der Waals surface area contributed by atoms with E-state index in [2.05, 4.69) is 10.1 Å². The summed E-state index contributed by atoms with van der Waals surface area (Å²) in [7, 11) is 3.40. The lowest BCUT2D eigenvalue weighted by Crippen LogP contribution is -2.30. The Labute approximate surface area is 162 Å². The molecule has 0 aliphatic carbocycles. The molecular formula is C20H22N4O2S. The number of rotatable bonds is 4. The normalized spacial score (nSPS) is 12.0. The SMILES string of the molecule is Cc1nc([C@H](C)N(C)C(=O)c2cccc(-c3ccc(=O)n(C)n3)c2)c(C)s1. The summed E-state index contributed by atoms with van der Waals surface area (Å²) in [5.41, 5.74) is 2.77. The number of carbonyl (C=O) groups excluding carboxylic acids is 1. The number of hydrogen-bond acceptors (Lipinski definition) is 5. The van der Waals surface area contributed by atoms with Crippen LogP contribution in [0.2, 0.25) is 0 Å². The molecular weight excluding hydrogens is 360 g/mol. The van der Waals surface area contributed by atoms with E-state index in [1.54, 1.807) is 48.5 Å². The minimum absolute atomic E-state index is 0.0841. The van der Waals surface area contributed by atoms with Gasteiger partial charge in [0.2, 0.25) is 0 Å². The number of nitrogens with zero attached hydrogens (tertiary/aromatic N) is 4. The zero-order chi connectivity index (χ0) is 19.7. The van der Waals surface area contributed by atoms with E-state index in [0.29, 0.717) is 11.3 Å². The number of benzene rings is 1. The number of aromatic nitrogens is 3. The molecule has 0 unspecified atom stereocenters. The first kappa shape index (κ1) is 19.0. The summed E-state index contributed by atoms with van der Waals surface area (Å²) >= 11 is 1.64. The summed E-state index contributed by atoms with van der Waals surface area (Å²) < 4.78 is 1.28. The Balaban J connectivity index is 1.89. The van der Waals surface area contributed by atoms with Crippen molar-refractivity contribution in [2.75, 3.05) is 7.05 Å². The van der Waals surface area contributed by atoms with Crippen LogP contribution in [-0.2, 0) is 7.05 Å². The van der Waals surface area contributed by atoms with Crippen molar-refractivity contribution >= 4 is 17.2 Å². The molecule has 0 bridgehead atoms. The average molecular weight is 382 g/mol. The van der Waals surface area contributed by atoms with Crippen molar-refractivity contribution in [2.24, 2.45) is 7.05 Å². The maximum Gasteiger partial charge on any atom is 0.266 e. The zero-order valence-corrected chi connectivity index (χ0v) is 16.9. The highest BCUT2D eigenvalue weighted by molar-refractivity contribution is 7.11. The van der Waals surface area contributed by atoms with E-state index >= 15 is 0 Å². The minimum atomic E-state index is -0.173. The third-order valence-corrected chi connectivity index (χ3v) is 5.50. The van der Waals surface area contributed by atoms with Gasteiger partial charge in [0, 0.05) is 36.2 Å².